The van der Waals surface area contributed by atoms with Crippen LogP contribution in [-0.4, -0.2) is 34.1 Å². The highest BCUT2D eigenvalue weighted by Gasteiger charge is 2.23. The summed E-state index contributed by atoms with van der Waals surface area (Å²) in [7, 11) is 1.89. The first-order valence-electron chi connectivity index (χ1n) is 8.90. The first kappa shape index (κ1) is 21.5. The predicted molar refractivity (Wildman–Crippen MR) is 108 cm³/mol. The molecule has 3 aromatic rings. The van der Waals surface area contributed by atoms with Gasteiger partial charge in [-0.15, -0.1) is 12.4 Å². The van der Waals surface area contributed by atoms with Gasteiger partial charge in [-0.2, -0.15) is 4.98 Å². The van der Waals surface area contributed by atoms with Gasteiger partial charge in [0.25, 0.3) is 5.91 Å². The molecule has 2 heterocycles. The number of nitrogens with one attached hydrogen (secondary N) is 2. The minimum atomic E-state index is -0.437. The molecule has 0 aliphatic heterocycles. The maximum atomic E-state index is 12.6. The second kappa shape index (κ2) is 10.5. The average molecular weight is 402 g/mol. The molecule has 7 nitrogen and oxygen atoms in total. The molecule has 1 amide bonds. The standard InChI is InChI=1S/C20H23N5O2.ClH/c1-14(21-2)11-18-24-20(27-25-18)17(12-15-7-6-10-22-13-15)23-19(26)16-8-4-3-5-9-16;/h3-10,13-14,17,21H,11-12H2,1-2H3,(H,23,26);1H. The quantitative estimate of drug-likeness (QED) is 0.602. The minimum Gasteiger partial charge on any atom is -0.340 e. The zero-order valence-electron chi connectivity index (χ0n) is 15.8. The zero-order valence-corrected chi connectivity index (χ0v) is 16.6. The number of likely N-dealkylation sites (N-methyl/N-ethyl adjacent to an activating group) is 1. The largest absolute Gasteiger partial charge is 0.340 e. The fourth-order valence-electron chi connectivity index (χ4n) is 2.65. The van der Waals surface area contributed by atoms with E-state index in [2.05, 4.69) is 25.8 Å². The van der Waals surface area contributed by atoms with Gasteiger partial charge < -0.3 is 15.2 Å². The number of carbonyl (C=O) groups is 1. The van der Waals surface area contributed by atoms with E-state index in [0.717, 1.165) is 5.56 Å². The molecule has 8 heteroatoms. The van der Waals surface area contributed by atoms with Crippen molar-refractivity contribution in [3.8, 4) is 0 Å². The topological polar surface area (TPSA) is 92.9 Å². The lowest BCUT2D eigenvalue weighted by Crippen LogP contribution is -2.30. The second-order valence-corrected chi connectivity index (χ2v) is 6.40. The maximum Gasteiger partial charge on any atom is 0.251 e. The zero-order chi connectivity index (χ0) is 19.1. The Labute approximate surface area is 170 Å². The third kappa shape index (κ3) is 5.87. The number of nitrogens with zero attached hydrogens (tertiary/aromatic N) is 3. The summed E-state index contributed by atoms with van der Waals surface area (Å²) < 4.78 is 5.46. The van der Waals surface area contributed by atoms with Crippen LogP contribution in [0.4, 0.5) is 0 Å². The lowest BCUT2D eigenvalue weighted by atomic mass is 10.1. The summed E-state index contributed by atoms with van der Waals surface area (Å²) in [5, 5.41) is 10.2. The van der Waals surface area contributed by atoms with Gasteiger partial charge in [0.1, 0.15) is 6.04 Å². The van der Waals surface area contributed by atoms with Crippen molar-refractivity contribution in [3.63, 3.8) is 0 Å². The van der Waals surface area contributed by atoms with Crippen LogP contribution in [0.2, 0.25) is 0 Å². The molecule has 0 aliphatic rings. The number of aromatic nitrogens is 3. The van der Waals surface area contributed by atoms with Gasteiger partial charge in [0, 0.05) is 36.8 Å². The van der Waals surface area contributed by atoms with Crippen molar-refractivity contribution in [1.29, 1.82) is 0 Å². The van der Waals surface area contributed by atoms with Crippen LogP contribution in [0.25, 0.3) is 0 Å². The number of amides is 1. The number of hydrogen-bond acceptors (Lipinski definition) is 6. The molecule has 2 N–H and O–H groups in total. The molecule has 0 bridgehead atoms. The highest BCUT2D eigenvalue weighted by Crippen LogP contribution is 2.18. The molecule has 0 spiro atoms. The van der Waals surface area contributed by atoms with E-state index in [1.807, 2.05) is 44.3 Å². The van der Waals surface area contributed by atoms with Crippen molar-refractivity contribution in [1.82, 2.24) is 25.8 Å². The van der Waals surface area contributed by atoms with Crippen molar-refractivity contribution in [2.75, 3.05) is 7.05 Å². The van der Waals surface area contributed by atoms with Gasteiger partial charge in [-0.3, -0.25) is 9.78 Å². The first-order valence-corrected chi connectivity index (χ1v) is 8.90. The van der Waals surface area contributed by atoms with Crippen LogP contribution >= 0.6 is 12.4 Å². The molecule has 0 saturated heterocycles. The Bertz CT molecular complexity index is 857. The van der Waals surface area contributed by atoms with Crippen molar-refractivity contribution in [3.05, 3.63) is 77.7 Å². The Morgan fingerprint density at radius 3 is 2.61 bits per heavy atom. The van der Waals surface area contributed by atoms with E-state index in [9.17, 15) is 4.79 Å². The van der Waals surface area contributed by atoms with Crippen LogP contribution in [0, 0.1) is 0 Å². The highest BCUT2D eigenvalue weighted by atomic mass is 35.5. The third-order valence-electron chi connectivity index (χ3n) is 4.27. The van der Waals surface area contributed by atoms with Gasteiger partial charge >= 0.3 is 0 Å². The fraction of sp³-hybridized carbons (Fsp3) is 0.300. The molecule has 2 atom stereocenters. The van der Waals surface area contributed by atoms with E-state index >= 15 is 0 Å². The molecule has 0 radical (unpaired) electrons. The van der Waals surface area contributed by atoms with Crippen LogP contribution in [0.15, 0.2) is 59.4 Å². The summed E-state index contributed by atoms with van der Waals surface area (Å²) in [6, 6.07) is 12.7. The number of pyridine rings is 1. The Balaban J connectivity index is 0.00000280. The van der Waals surface area contributed by atoms with Gasteiger partial charge in [-0.05, 0) is 37.7 Å². The van der Waals surface area contributed by atoms with E-state index in [1.54, 1.807) is 24.5 Å². The van der Waals surface area contributed by atoms with Gasteiger partial charge in [-0.25, -0.2) is 0 Å². The van der Waals surface area contributed by atoms with Crippen LogP contribution in [0.3, 0.4) is 0 Å². The van der Waals surface area contributed by atoms with E-state index in [-0.39, 0.29) is 24.4 Å². The third-order valence-corrected chi connectivity index (χ3v) is 4.27. The molecular formula is C20H24ClN5O2. The van der Waals surface area contributed by atoms with Gasteiger partial charge in [0.05, 0.1) is 0 Å². The summed E-state index contributed by atoms with van der Waals surface area (Å²) in [6.07, 6.45) is 4.63. The predicted octanol–water partition coefficient (Wildman–Crippen LogP) is 2.75. The lowest BCUT2D eigenvalue weighted by Gasteiger charge is -2.15. The average Bonchev–Trinajstić information content (AvgIpc) is 3.17. The first-order chi connectivity index (χ1) is 13.2. The summed E-state index contributed by atoms with van der Waals surface area (Å²) in [4.78, 5) is 21.2. The molecule has 0 aliphatic carbocycles. The summed E-state index contributed by atoms with van der Waals surface area (Å²) >= 11 is 0. The van der Waals surface area contributed by atoms with E-state index < -0.39 is 6.04 Å². The molecule has 1 aromatic carbocycles. The summed E-state index contributed by atoms with van der Waals surface area (Å²) in [5.74, 6) is 0.811. The fourth-order valence-corrected chi connectivity index (χ4v) is 2.65. The lowest BCUT2D eigenvalue weighted by molar-refractivity contribution is 0.0928. The van der Waals surface area contributed by atoms with E-state index in [1.165, 1.54) is 0 Å². The van der Waals surface area contributed by atoms with Crippen LogP contribution in [0.1, 0.15) is 40.6 Å². The van der Waals surface area contributed by atoms with Crippen molar-refractivity contribution >= 4 is 18.3 Å². The maximum absolute atomic E-state index is 12.6. The summed E-state index contributed by atoms with van der Waals surface area (Å²) in [5.41, 5.74) is 1.55. The Kier molecular flexibility index (Phi) is 8.10. The number of rotatable bonds is 8. The normalized spacial score (nSPS) is 12.6. The molecule has 3 rings (SSSR count). The number of halogens is 1. The SMILES string of the molecule is CNC(C)Cc1noc(C(Cc2cccnc2)NC(=O)c2ccccc2)n1.Cl. The Hall–Kier alpha value is -2.77. The van der Waals surface area contributed by atoms with Gasteiger partial charge in [-0.1, -0.05) is 29.4 Å². The Morgan fingerprint density at radius 2 is 1.93 bits per heavy atom. The highest BCUT2D eigenvalue weighted by molar-refractivity contribution is 5.94. The molecule has 148 valence electrons. The van der Waals surface area contributed by atoms with Crippen molar-refractivity contribution < 1.29 is 9.32 Å². The molecule has 2 unspecified atom stereocenters. The monoisotopic (exact) mass is 401 g/mol. The number of benzene rings is 1. The summed E-state index contributed by atoms with van der Waals surface area (Å²) in [6.45, 7) is 2.04. The van der Waals surface area contributed by atoms with Crippen molar-refractivity contribution in [2.24, 2.45) is 0 Å². The number of carbonyl (C=O) groups excluding carboxylic acids is 1. The van der Waals surface area contributed by atoms with Gasteiger partial charge in [0.15, 0.2) is 5.82 Å². The molecule has 0 saturated carbocycles. The van der Waals surface area contributed by atoms with Crippen LogP contribution in [-0.2, 0) is 12.8 Å². The van der Waals surface area contributed by atoms with E-state index in [4.69, 9.17) is 4.52 Å². The minimum absolute atomic E-state index is 0. The molecular weight excluding hydrogens is 378 g/mol. The van der Waals surface area contributed by atoms with Gasteiger partial charge in [0.2, 0.25) is 5.89 Å². The number of hydrogen-bond donors (Lipinski definition) is 2. The second-order valence-electron chi connectivity index (χ2n) is 6.40. The smallest absolute Gasteiger partial charge is 0.251 e. The van der Waals surface area contributed by atoms with Crippen molar-refractivity contribution in [2.45, 2.75) is 31.8 Å². The van der Waals surface area contributed by atoms with E-state index in [0.29, 0.717) is 30.1 Å². The molecule has 2 aromatic heterocycles. The van der Waals surface area contributed by atoms with Crippen LogP contribution < -0.4 is 10.6 Å². The molecule has 28 heavy (non-hydrogen) atoms. The Morgan fingerprint density at radius 1 is 1.14 bits per heavy atom. The van der Waals surface area contributed by atoms with Crippen LogP contribution in [0.5, 0.6) is 0 Å². The molecule has 0 fully saturated rings.